The molecule has 0 spiro atoms. The molecule has 2 aromatic carbocycles. The van der Waals surface area contributed by atoms with E-state index in [4.69, 9.17) is 5.73 Å². The number of anilines is 1. The van der Waals surface area contributed by atoms with Gasteiger partial charge in [0.2, 0.25) is 5.91 Å². The van der Waals surface area contributed by atoms with Gasteiger partial charge in [0.05, 0.1) is 0 Å². The second-order valence-corrected chi connectivity index (χ2v) is 5.96. The van der Waals surface area contributed by atoms with E-state index in [9.17, 15) is 4.79 Å². The van der Waals surface area contributed by atoms with Crippen molar-refractivity contribution in [1.29, 1.82) is 0 Å². The molecule has 1 amide bonds. The summed E-state index contributed by atoms with van der Waals surface area (Å²) < 4.78 is 0. The SMILES string of the molecule is CC1(C)C(=O)NCCN1c1ccc(CN)c2ccccc12. The summed E-state index contributed by atoms with van der Waals surface area (Å²) in [4.78, 5) is 14.4. The maximum atomic E-state index is 12.2. The molecule has 4 nitrogen and oxygen atoms in total. The number of nitrogens with one attached hydrogen (secondary N) is 1. The molecule has 4 heteroatoms. The Morgan fingerprint density at radius 1 is 1.19 bits per heavy atom. The molecule has 1 saturated heterocycles. The van der Waals surface area contributed by atoms with Gasteiger partial charge < -0.3 is 16.0 Å². The summed E-state index contributed by atoms with van der Waals surface area (Å²) >= 11 is 0. The van der Waals surface area contributed by atoms with Gasteiger partial charge in [0.25, 0.3) is 0 Å². The molecule has 110 valence electrons. The summed E-state index contributed by atoms with van der Waals surface area (Å²) in [5.41, 5.74) is 7.52. The third-order valence-electron chi connectivity index (χ3n) is 4.35. The summed E-state index contributed by atoms with van der Waals surface area (Å²) in [5, 5.41) is 5.26. The Kier molecular flexibility index (Phi) is 3.33. The Morgan fingerprint density at radius 2 is 1.90 bits per heavy atom. The lowest BCUT2D eigenvalue weighted by atomic mass is 9.95. The van der Waals surface area contributed by atoms with E-state index < -0.39 is 5.54 Å². The van der Waals surface area contributed by atoms with Gasteiger partial charge in [-0.05, 0) is 30.9 Å². The van der Waals surface area contributed by atoms with Gasteiger partial charge in [-0.2, -0.15) is 0 Å². The first-order valence-electron chi connectivity index (χ1n) is 7.32. The van der Waals surface area contributed by atoms with Gasteiger partial charge in [0.15, 0.2) is 0 Å². The number of fused-ring (bicyclic) bond motifs is 1. The van der Waals surface area contributed by atoms with E-state index in [1.165, 1.54) is 5.39 Å². The van der Waals surface area contributed by atoms with Gasteiger partial charge in [-0.15, -0.1) is 0 Å². The second-order valence-electron chi connectivity index (χ2n) is 5.96. The zero-order valence-corrected chi connectivity index (χ0v) is 12.5. The molecule has 0 aromatic heterocycles. The minimum Gasteiger partial charge on any atom is -0.355 e. The Morgan fingerprint density at radius 3 is 2.62 bits per heavy atom. The number of benzene rings is 2. The van der Waals surface area contributed by atoms with E-state index in [1.807, 2.05) is 26.0 Å². The molecule has 0 bridgehead atoms. The van der Waals surface area contributed by atoms with Crippen LogP contribution in [0.25, 0.3) is 10.8 Å². The number of carbonyl (C=O) groups excluding carboxylic acids is 1. The van der Waals surface area contributed by atoms with Crippen molar-refractivity contribution in [2.45, 2.75) is 25.9 Å². The molecule has 3 rings (SSSR count). The molecule has 2 aromatic rings. The van der Waals surface area contributed by atoms with Crippen LogP contribution in [-0.4, -0.2) is 24.5 Å². The van der Waals surface area contributed by atoms with Crippen LogP contribution in [0.5, 0.6) is 0 Å². The highest BCUT2D eigenvalue weighted by molar-refractivity contribution is 6.00. The predicted octanol–water partition coefficient (Wildman–Crippen LogP) is 2.01. The molecular formula is C17H21N3O. The molecule has 3 N–H and O–H groups in total. The van der Waals surface area contributed by atoms with Gasteiger partial charge >= 0.3 is 0 Å². The van der Waals surface area contributed by atoms with Crippen LogP contribution in [0.3, 0.4) is 0 Å². The van der Waals surface area contributed by atoms with E-state index >= 15 is 0 Å². The summed E-state index contributed by atoms with van der Waals surface area (Å²) in [6.45, 7) is 5.94. The molecule has 1 heterocycles. The van der Waals surface area contributed by atoms with E-state index in [-0.39, 0.29) is 5.91 Å². The molecule has 0 atom stereocenters. The van der Waals surface area contributed by atoms with Crippen LogP contribution >= 0.6 is 0 Å². The summed E-state index contributed by atoms with van der Waals surface area (Å²) in [6, 6.07) is 12.4. The summed E-state index contributed by atoms with van der Waals surface area (Å²) in [6.07, 6.45) is 0. The first-order valence-corrected chi connectivity index (χ1v) is 7.32. The highest BCUT2D eigenvalue weighted by Crippen LogP contribution is 2.34. The van der Waals surface area contributed by atoms with E-state index in [0.29, 0.717) is 13.1 Å². The number of nitrogens with zero attached hydrogens (tertiary/aromatic N) is 1. The number of amides is 1. The van der Waals surface area contributed by atoms with Crippen molar-refractivity contribution in [1.82, 2.24) is 5.32 Å². The van der Waals surface area contributed by atoms with Crippen LogP contribution < -0.4 is 16.0 Å². The molecule has 1 aliphatic heterocycles. The molecule has 1 aliphatic rings. The van der Waals surface area contributed by atoms with Crippen molar-refractivity contribution in [3.63, 3.8) is 0 Å². The van der Waals surface area contributed by atoms with Crippen LogP contribution in [0.15, 0.2) is 36.4 Å². The van der Waals surface area contributed by atoms with Gasteiger partial charge in [-0.25, -0.2) is 0 Å². The molecule has 0 unspecified atom stereocenters. The molecule has 1 fully saturated rings. The standard InChI is InChI=1S/C17H21N3O/c1-17(2)16(21)19-9-10-20(17)15-8-7-12(11-18)13-5-3-4-6-14(13)15/h3-8H,9-11,18H2,1-2H3,(H,19,21). The number of nitrogens with two attached hydrogens (primary N) is 1. The second kappa shape index (κ2) is 5.04. The van der Waals surface area contributed by atoms with Gasteiger partial charge in [-0.1, -0.05) is 30.3 Å². The monoisotopic (exact) mass is 283 g/mol. The fourth-order valence-electron chi connectivity index (χ4n) is 3.08. The van der Waals surface area contributed by atoms with Crippen molar-refractivity contribution >= 4 is 22.4 Å². The molecule has 0 radical (unpaired) electrons. The van der Waals surface area contributed by atoms with E-state index in [0.717, 1.165) is 23.2 Å². The molecular weight excluding hydrogens is 262 g/mol. The number of carbonyl (C=O) groups is 1. The van der Waals surface area contributed by atoms with Crippen molar-refractivity contribution in [3.8, 4) is 0 Å². The number of rotatable bonds is 2. The van der Waals surface area contributed by atoms with Crippen LogP contribution in [0.4, 0.5) is 5.69 Å². The number of piperazine rings is 1. The lowest BCUT2D eigenvalue weighted by molar-refractivity contribution is -0.126. The Labute approximate surface area is 124 Å². The smallest absolute Gasteiger partial charge is 0.245 e. The largest absolute Gasteiger partial charge is 0.355 e. The minimum atomic E-state index is -0.550. The average Bonchev–Trinajstić information content (AvgIpc) is 2.49. The molecule has 0 saturated carbocycles. The van der Waals surface area contributed by atoms with Gasteiger partial charge in [-0.3, -0.25) is 4.79 Å². The zero-order chi connectivity index (χ0) is 15.0. The average molecular weight is 283 g/mol. The Bertz CT molecular complexity index is 693. The minimum absolute atomic E-state index is 0.0701. The van der Waals surface area contributed by atoms with Gasteiger partial charge in [0, 0.05) is 30.7 Å². The summed E-state index contributed by atoms with van der Waals surface area (Å²) in [7, 11) is 0. The molecule has 21 heavy (non-hydrogen) atoms. The topological polar surface area (TPSA) is 58.4 Å². The highest BCUT2D eigenvalue weighted by Gasteiger charge is 2.38. The quantitative estimate of drug-likeness (QED) is 0.886. The molecule has 0 aliphatic carbocycles. The van der Waals surface area contributed by atoms with Crippen LogP contribution in [0.2, 0.25) is 0 Å². The van der Waals surface area contributed by atoms with Gasteiger partial charge in [0.1, 0.15) is 5.54 Å². The third kappa shape index (κ3) is 2.16. The Balaban J connectivity index is 2.19. The van der Waals surface area contributed by atoms with Crippen molar-refractivity contribution in [3.05, 3.63) is 42.0 Å². The van der Waals surface area contributed by atoms with Crippen molar-refractivity contribution in [2.75, 3.05) is 18.0 Å². The number of hydrogen-bond acceptors (Lipinski definition) is 3. The maximum absolute atomic E-state index is 12.2. The fraction of sp³-hybridized carbons (Fsp3) is 0.353. The van der Waals surface area contributed by atoms with E-state index in [2.05, 4.69) is 34.5 Å². The third-order valence-corrected chi connectivity index (χ3v) is 4.35. The number of hydrogen-bond donors (Lipinski definition) is 2. The lowest BCUT2D eigenvalue weighted by Crippen LogP contribution is -2.62. The Hall–Kier alpha value is -2.07. The van der Waals surface area contributed by atoms with Crippen LogP contribution in [0.1, 0.15) is 19.4 Å². The zero-order valence-electron chi connectivity index (χ0n) is 12.5. The first-order chi connectivity index (χ1) is 10.1. The lowest BCUT2D eigenvalue weighted by Gasteiger charge is -2.43. The highest BCUT2D eigenvalue weighted by atomic mass is 16.2. The van der Waals surface area contributed by atoms with E-state index in [1.54, 1.807) is 0 Å². The predicted molar refractivity (Wildman–Crippen MR) is 86.3 cm³/mol. The fourth-order valence-corrected chi connectivity index (χ4v) is 3.08. The maximum Gasteiger partial charge on any atom is 0.245 e. The normalized spacial score (nSPS) is 17.9. The first kappa shape index (κ1) is 13.9. The summed E-state index contributed by atoms with van der Waals surface area (Å²) in [5.74, 6) is 0.0701. The van der Waals surface area contributed by atoms with Crippen LogP contribution in [-0.2, 0) is 11.3 Å². The van der Waals surface area contributed by atoms with Crippen molar-refractivity contribution < 1.29 is 4.79 Å². The van der Waals surface area contributed by atoms with Crippen LogP contribution in [0, 0.1) is 0 Å². The van der Waals surface area contributed by atoms with Crippen molar-refractivity contribution in [2.24, 2.45) is 5.73 Å².